The summed E-state index contributed by atoms with van der Waals surface area (Å²) < 4.78 is 2.29. The topological polar surface area (TPSA) is 70.7 Å². The highest BCUT2D eigenvalue weighted by atomic mass is 32.2. The Bertz CT molecular complexity index is 1290. The first-order valence-corrected chi connectivity index (χ1v) is 10.9. The second-order valence-electron chi connectivity index (χ2n) is 7.06. The van der Waals surface area contributed by atoms with Gasteiger partial charge in [-0.25, -0.2) is 4.98 Å². The van der Waals surface area contributed by atoms with Crippen molar-refractivity contribution < 1.29 is 4.79 Å². The first kappa shape index (κ1) is 20.0. The van der Waals surface area contributed by atoms with Crippen LogP contribution in [0.25, 0.3) is 21.8 Å². The van der Waals surface area contributed by atoms with E-state index in [0.29, 0.717) is 22.8 Å². The summed E-state index contributed by atoms with van der Waals surface area (Å²) >= 11 is 1.44. The van der Waals surface area contributed by atoms with Gasteiger partial charge in [-0.2, -0.15) is 5.26 Å². The monoisotopic (exact) mass is 414 g/mol. The normalized spacial score (nSPS) is 11.0. The van der Waals surface area contributed by atoms with E-state index in [0.717, 1.165) is 23.3 Å². The van der Waals surface area contributed by atoms with E-state index in [2.05, 4.69) is 52.1 Å². The number of benzene rings is 2. The second-order valence-corrected chi connectivity index (χ2v) is 8.14. The molecule has 1 amide bonds. The Kier molecular flexibility index (Phi) is 5.73. The fourth-order valence-corrected chi connectivity index (χ4v) is 4.62. The molecule has 1 N–H and O–H groups in total. The van der Waals surface area contributed by atoms with Crippen LogP contribution in [0.2, 0.25) is 0 Å². The van der Waals surface area contributed by atoms with Crippen LogP contribution in [0.1, 0.15) is 24.6 Å². The van der Waals surface area contributed by atoms with Crippen molar-refractivity contribution in [3.63, 3.8) is 0 Å². The maximum atomic E-state index is 12.5. The van der Waals surface area contributed by atoms with Crippen LogP contribution in [0.5, 0.6) is 0 Å². The fraction of sp³-hybridized carbons (Fsp3) is 0.208. The largest absolute Gasteiger partial charge is 0.341 e. The number of hydrogen-bond acceptors (Lipinski definition) is 4. The van der Waals surface area contributed by atoms with Crippen LogP contribution in [0.4, 0.5) is 5.69 Å². The van der Waals surface area contributed by atoms with Gasteiger partial charge in [-0.15, -0.1) is 11.8 Å². The summed E-state index contributed by atoms with van der Waals surface area (Å²) in [6.07, 6.45) is 0.347. The molecule has 5 nitrogen and oxygen atoms in total. The molecular weight excluding hydrogens is 392 g/mol. The number of thioether (sulfide) groups is 1. The molecule has 0 saturated heterocycles. The second kappa shape index (κ2) is 8.60. The number of nitrogens with one attached hydrogen (secondary N) is 1. The molecule has 2 aromatic heterocycles. The van der Waals surface area contributed by atoms with Crippen molar-refractivity contribution in [1.82, 2.24) is 9.55 Å². The van der Waals surface area contributed by atoms with Crippen molar-refractivity contribution in [2.24, 2.45) is 0 Å². The quantitative estimate of drug-likeness (QED) is 0.422. The van der Waals surface area contributed by atoms with E-state index >= 15 is 0 Å². The number of hydrogen-bond donors (Lipinski definition) is 1. The van der Waals surface area contributed by atoms with E-state index in [4.69, 9.17) is 0 Å². The van der Waals surface area contributed by atoms with Crippen molar-refractivity contribution in [1.29, 1.82) is 5.26 Å². The lowest BCUT2D eigenvalue weighted by atomic mass is 10.1. The average Bonchev–Trinajstić information content (AvgIpc) is 3.07. The minimum Gasteiger partial charge on any atom is -0.341 e. The van der Waals surface area contributed by atoms with E-state index in [-0.39, 0.29) is 5.91 Å². The zero-order valence-corrected chi connectivity index (χ0v) is 17.8. The molecule has 0 aliphatic rings. The Hall–Kier alpha value is -3.30. The zero-order chi connectivity index (χ0) is 21.1. The fourth-order valence-electron chi connectivity index (χ4n) is 3.66. The minimum atomic E-state index is -0.0489. The Morgan fingerprint density at radius 1 is 1.13 bits per heavy atom. The van der Waals surface area contributed by atoms with Gasteiger partial charge < -0.3 is 9.88 Å². The van der Waals surface area contributed by atoms with Gasteiger partial charge in [-0.05, 0) is 50.2 Å². The number of pyridine rings is 1. The molecular formula is C24H22N4OS. The summed E-state index contributed by atoms with van der Waals surface area (Å²) in [5, 5.41) is 15.2. The highest BCUT2D eigenvalue weighted by molar-refractivity contribution is 7.99. The summed E-state index contributed by atoms with van der Waals surface area (Å²) in [5.41, 5.74) is 4.57. The number of aryl methyl sites for hydroxylation is 2. The van der Waals surface area contributed by atoms with Gasteiger partial charge in [-0.3, -0.25) is 4.79 Å². The average molecular weight is 415 g/mol. The Balaban J connectivity index is 1.47. The number of carbonyl (C=O) groups is 1. The molecule has 150 valence electrons. The number of nitriles is 1. The molecule has 0 aliphatic carbocycles. The van der Waals surface area contributed by atoms with Gasteiger partial charge >= 0.3 is 0 Å². The minimum absolute atomic E-state index is 0.0489. The van der Waals surface area contributed by atoms with E-state index in [9.17, 15) is 10.1 Å². The maximum Gasteiger partial charge on any atom is 0.225 e. The van der Waals surface area contributed by atoms with Crippen LogP contribution in [0, 0.1) is 18.3 Å². The Morgan fingerprint density at radius 3 is 2.73 bits per heavy atom. The van der Waals surface area contributed by atoms with E-state index < -0.39 is 0 Å². The van der Waals surface area contributed by atoms with Gasteiger partial charge in [-0.1, -0.05) is 18.2 Å². The molecule has 0 radical (unpaired) electrons. The zero-order valence-electron chi connectivity index (χ0n) is 17.0. The van der Waals surface area contributed by atoms with Crippen LogP contribution < -0.4 is 5.32 Å². The predicted molar refractivity (Wildman–Crippen MR) is 123 cm³/mol. The maximum absolute atomic E-state index is 12.5. The van der Waals surface area contributed by atoms with Crippen LogP contribution in [0.3, 0.4) is 0 Å². The number of nitrogens with zero attached hydrogens (tertiary/aromatic N) is 3. The molecule has 0 aliphatic heterocycles. The molecule has 0 atom stereocenters. The summed E-state index contributed by atoms with van der Waals surface area (Å²) in [5.74, 6) is 0.515. The van der Waals surface area contributed by atoms with Crippen LogP contribution >= 0.6 is 11.8 Å². The number of aromatic nitrogens is 2. The first-order chi connectivity index (χ1) is 14.6. The van der Waals surface area contributed by atoms with Crippen molar-refractivity contribution in [2.75, 3.05) is 11.1 Å². The molecule has 4 aromatic rings. The van der Waals surface area contributed by atoms with Gasteiger partial charge in [0.1, 0.15) is 11.1 Å². The molecule has 4 rings (SSSR count). The number of amides is 1. The summed E-state index contributed by atoms with van der Waals surface area (Å²) in [6, 6.07) is 20.1. The molecule has 0 fully saturated rings. The summed E-state index contributed by atoms with van der Waals surface area (Å²) in [4.78, 5) is 16.9. The predicted octanol–water partition coefficient (Wildman–Crippen LogP) is 5.51. The van der Waals surface area contributed by atoms with Gasteiger partial charge in [0.05, 0.1) is 5.56 Å². The van der Waals surface area contributed by atoms with Gasteiger partial charge in [0.2, 0.25) is 5.91 Å². The highest BCUT2D eigenvalue weighted by Crippen LogP contribution is 2.31. The molecule has 2 aromatic carbocycles. The lowest BCUT2D eigenvalue weighted by Crippen LogP contribution is -2.12. The van der Waals surface area contributed by atoms with Crippen molar-refractivity contribution in [3.05, 3.63) is 65.9 Å². The molecule has 6 heteroatoms. The van der Waals surface area contributed by atoms with E-state index in [1.165, 1.54) is 28.2 Å². The Morgan fingerprint density at radius 2 is 1.93 bits per heavy atom. The van der Waals surface area contributed by atoms with Crippen LogP contribution in [-0.4, -0.2) is 21.2 Å². The number of fused-ring (bicyclic) bond motifs is 3. The standard InChI is InChI=1S/C24H22N4OS/c1-3-28-21-7-5-4-6-19(21)20-14-18(10-11-22(20)28)27-23(29)12-13-30-24-17(15-25)9-8-16(2)26-24/h4-11,14H,3,12-13H2,1-2H3,(H,27,29). The lowest BCUT2D eigenvalue weighted by Gasteiger charge is -2.07. The lowest BCUT2D eigenvalue weighted by molar-refractivity contribution is -0.115. The van der Waals surface area contributed by atoms with Crippen LogP contribution in [0.15, 0.2) is 59.6 Å². The van der Waals surface area contributed by atoms with Crippen molar-refractivity contribution in [3.8, 4) is 6.07 Å². The third-order valence-corrected chi connectivity index (χ3v) is 6.05. The SMILES string of the molecule is CCn1c2ccccc2c2cc(NC(=O)CCSc3nc(C)ccc3C#N)ccc21. The van der Waals surface area contributed by atoms with Crippen molar-refractivity contribution >= 4 is 45.2 Å². The van der Waals surface area contributed by atoms with E-state index in [1.54, 1.807) is 6.07 Å². The van der Waals surface area contributed by atoms with Gasteiger partial charge in [0, 0.05) is 51.9 Å². The molecule has 30 heavy (non-hydrogen) atoms. The molecule has 2 heterocycles. The van der Waals surface area contributed by atoms with Gasteiger partial charge in [0.15, 0.2) is 0 Å². The summed E-state index contributed by atoms with van der Waals surface area (Å²) in [6.45, 7) is 4.92. The van der Waals surface area contributed by atoms with Gasteiger partial charge in [0.25, 0.3) is 0 Å². The third-order valence-electron chi connectivity index (χ3n) is 5.06. The van der Waals surface area contributed by atoms with Crippen molar-refractivity contribution in [2.45, 2.75) is 31.8 Å². The first-order valence-electron chi connectivity index (χ1n) is 9.92. The smallest absolute Gasteiger partial charge is 0.225 e. The number of para-hydroxylation sites is 1. The molecule has 0 unspecified atom stereocenters. The Labute approximate surface area is 179 Å². The molecule has 0 spiro atoms. The number of rotatable bonds is 6. The molecule has 0 saturated carbocycles. The third kappa shape index (κ3) is 3.89. The number of anilines is 1. The highest BCUT2D eigenvalue weighted by Gasteiger charge is 2.11. The summed E-state index contributed by atoms with van der Waals surface area (Å²) in [7, 11) is 0. The van der Waals surface area contributed by atoms with Crippen LogP contribution in [-0.2, 0) is 11.3 Å². The number of carbonyl (C=O) groups excluding carboxylic acids is 1. The molecule has 0 bridgehead atoms. The van der Waals surface area contributed by atoms with E-state index in [1.807, 2.05) is 31.2 Å².